The van der Waals surface area contributed by atoms with Gasteiger partial charge in [0, 0.05) is 49.7 Å². The zero-order valence-corrected chi connectivity index (χ0v) is 24.7. The zero-order valence-electron chi connectivity index (χ0n) is 24.0. The van der Waals surface area contributed by atoms with Crippen molar-refractivity contribution in [1.29, 1.82) is 0 Å². The molecule has 0 bridgehead atoms. The third-order valence-electron chi connectivity index (χ3n) is 9.55. The lowest BCUT2D eigenvalue weighted by Crippen LogP contribution is -2.58. The van der Waals surface area contributed by atoms with Gasteiger partial charge >= 0.3 is 0 Å². The molecule has 3 aliphatic heterocycles. The number of hydrogen-bond donors (Lipinski definition) is 3. The van der Waals surface area contributed by atoms with Crippen LogP contribution in [0.1, 0.15) is 55.2 Å². The Labute approximate surface area is 249 Å². The molecule has 220 valence electrons. The van der Waals surface area contributed by atoms with Crippen molar-refractivity contribution in [1.82, 2.24) is 25.8 Å². The molecule has 4 aliphatic rings. The van der Waals surface area contributed by atoms with Crippen LogP contribution >= 0.6 is 11.6 Å². The number of halogens is 1. The quantitative estimate of drug-likeness (QED) is 0.425. The van der Waals surface area contributed by atoms with Crippen LogP contribution in [0.2, 0.25) is 5.02 Å². The fourth-order valence-electron chi connectivity index (χ4n) is 6.94. The number of carbonyl (C=O) groups excluding carboxylic acids is 2. The van der Waals surface area contributed by atoms with E-state index in [-0.39, 0.29) is 17.9 Å². The van der Waals surface area contributed by atoms with Gasteiger partial charge in [0.15, 0.2) is 0 Å². The van der Waals surface area contributed by atoms with E-state index in [2.05, 4.69) is 33.0 Å². The lowest BCUT2D eigenvalue weighted by Gasteiger charge is -2.44. The summed E-state index contributed by atoms with van der Waals surface area (Å²) in [5.41, 5.74) is 3.42. The SMILES string of the molecule is O=C(N[C@H](Cc1ccc(Cl)cc1)C(=O)N1CCC(N(CC2CC2)C2CCNCC2)CC1)[C@H]1Cc2ccccc2CN1. The number of nitrogens with one attached hydrogen (secondary N) is 3. The van der Waals surface area contributed by atoms with E-state index < -0.39 is 6.04 Å². The van der Waals surface area contributed by atoms with Crippen molar-refractivity contribution in [3.05, 3.63) is 70.2 Å². The average molecular weight is 578 g/mol. The Morgan fingerprint density at radius 1 is 0.927 bits per heavy atom. The maximum absolute atomic E-state index is 14.0. The molecule has 2 saturated heterocycles. The van der Waals surface area contributed by atoms with E-state index in [9.17, 15) is 9.59 Å². The van der Waals surface area contributed by atoms with Gasteiger partial charge in [-0.3, -0.25) is 14.5 Å². The summed E-state index contributed by atoms with van der Waals surface area (Å²) in [6.45, 7) is 5.59. The molecule has 3 heterocycles. The molecule has 3 fully saturated rings. The molecule has 1 saturated carbocycles. The fraction of sp³-hybridized carbons (Fsp3) is 0.576. The first kappa shape index (κ1) is 28.7. The van der Waals surface area contributed by atoms with Crippen molar-refractivity contribution in [2.75, 3.05) is 32.7 Å². The number of rotatable bonds is 9. The van der Waals surface area contributed by atoms with Crippen LogP contribution in [0.25, 0.3) is 0 Å². The first-order chi connectivity index (χ1) is 20.0. The summed E-state index contributed by atoms with van der Waals surface area (Å²) in [7, 11) is 0. The van der Waals surface area contributed by atoms with Crippen LogP contribution in [0, 0.1) is 5.92 Å². The monoisotopic (exact) mass is 577 g/mol. The molecular formula is C33H44ClN5O2. The average Bonchev–Trinajstić information content (AvgIpc) is 3.85. The maximum Gasteiger partial charge on any atom is 0.245 e. The van der Waals surface area contributed by atoms with E-state index in [4.69, 9.17) is 11.6 Å². The molecule has 0 aromatic heterocycles. The largest absolute Gasteiger partial charge is 0.343 e. The van der Waals surface area contributed by atoms with Gasteiger partial charge in [-0.05, 0) is 92.8 Å². The van der Waals surface area contributed by atoms with E-state index in [0.717, 1.165) is 50.5 Å². The molecule has 0 radical (unpaired) electrons. The standard InChI is InChI=1S/C33H44ClN5O2/c34-27-9-7-23(8-10-27)19-31(37-32(40)30-20-25-3-1-2-4-26(25)21-36-30)33(41)38-17-13-29(14-18-38)39(22-24-5-6-24)28-11-15-35-16-12-28/h1-4,7-10,24,28-31,35-36H,5-6,11-22H2,(H,37,40)/t30-,31-/m1/s1. The third kappa shape index (κ3) is 7.31. The highest BCUT2D eigenvalue weighted by Gasteiger charge is 2.37. The maximum atomic E-state index is 14.0. The normalized spacial score (nSPS) is 22.8. The second-order valence-electron chi connectivity index (χ2n) is 12.5. The van der Waals surface area contributed by atoms with E-state index >= 15 is 0 Å². The van der Waals surface area contributed by atoms with E-state index in [0.29, 0.717) is 36.5 Å². The number of hydrogen-bond acceptors (Lipinski definition) is 5. The lowest BCUT2D eigenvalue weighted by atomic mass is 9.94. The molecule has 0 unspecified atom stereocenters. The highest BCUT2D eigenvalue weighted by Crippen LogP contribution is 2.34. The van der Waals surface area contributed by atoms with Crippen LogP contribution in [0.5, 0.6) is 0 Å². The number of piperidine rings is 2. The molecule has 2 amide bonds. The Kier molecular flexibility index (Phi) is 9.26. The van der Waals surface area contributed by atoms with Crippen LogP contribution in [-0.2, 0) is 29.0 Å². The van der Waals surface area contributed by atoms with Gasteiger partial charge in [0.25, 0.3) is 0 Å². The molecule has 3 N–H and O–H groups in total. The summed E-state index contributed by atoms with van der Waals surface area (Å²) in [5.74, 6) is 0.783. The molecule has 41 heavy (non-hydrogen) atoms. The van der Waals surface area contributed by atoms with Crippen molar-refractivity contribution in [3.63, 3.8) is 0 Å². The van der Waals surface area contributed by atoms with Crippen LogP contribution in [0.15, 0.2) is 48.5 Å². The Bertz CT molecular complexity index is 1190. The van der Waals surface area contributed by atoms with Gasteiger partial charge in [0.05, 0.1) is 6.04 Å². The predicted octanol–water partition coefficient (Wildman–Crippen LogP) is 3.54. The van der Waals surface area contributed by atoms with E-state index in [1.807, 2.05) is 41.3 Å². The van der Waals surface area contributed by atoms with Crippen LogP contribution < -0.4 is 16.0 Å². The summed E-state index contributed by atoms with van der Waals surface area (Å²) >= 11 is 6.13. The Morgan fingerprint density at radius 3 is 2.32 bits per heavy atom. The number of benzene rings is 2. The number of fused-ring (bicyclic) bond motifs is 1. The summed E-state index contributed by atoms with van der Waals surface area (Å²) in [5, 5.41) is 10.7. The summed E-state index contributed by atoms with van der Waals surface area (Å²) in [6.07, 6.45) is 8.27. The third-order valence-corrected chi connectivity index (χ3v) is 9.81. The number of likely N-dealkylation sites (tertiary alicyclic amines) is 1. The molecule has 8 heteroatoms. The Balaban J connectivity index is 1.11. The highest BCUT2D eigenvalue weighted by molar-refractivity contribution is 6.30. The van der Waals surface area contributed by atoms with Gasteiger partial charge in [-0.25, -0.2) is 0 Å². The summed E-state index contributed by atoms with van der Waals surface area (Å²) in [4.78, 5) is 32.3. The number of amides is 2. The van der Waals surface area contributed by atoms with Gasteiger partial charge in [0.2, 0.25) is 11.8 Å². The van der Waals surface area contributed by atoms with Crippen LogP contribution in [-0.4, -0.2) is 78.5 Å². The second-order valence-corrected chi connectivity index (χ2v) is 12.9. The molecule has 7 nitrogen and oxygen atoms in total. The smallest absolute Gasteiger partial charge is 0.245 e. The van der Waals surface area contributed by atoms with Crippen LogP contribution in [0.3, 0.4) is 0 Å². The predicted molar refractivity (Wildman–Crippen MR) is 163 cm³/mol. The van der Waals surface area contributed by atoms with Gasteiger partial charge < -0.3 is 20.9 Å². The molecule has 6 rings (SSSR count). The topological polar surface area (TPSA) is 76.7 Å². The Hall–Kier alpha value is -2.45. The molecule has 2 aromatic carbocycles. The number of nitrogens with zero attached hydrogens (tertiary/aromatic N) is 2. The fourth-order valence-corrected chi connectivity index (χ4v) is 7.07. The molecule has 0 spiro atoms. The number of carbonyl (C=O) groups is 2. The van der Waals surface area contributed by atoms with Gasteiger partial charge in [-0.2, -0.15) is 0 Å². The summed E-state index contributed by atoms with van der Waals surface area (Å²) < 4.78 is 0. The van der Waals surface area contributed by atoms with E-state index in [1.165, 1.54) is 43.4 Å². The minimum absolute atomic E-state index is 0.0265. The summed E-state index contributed by atoms with van der Waals surface area (Å²) in [6, 6.07) is 16.1. The van der Waals surface area contributed by atoms with Crippen molar-refractivity contribution >= 4 is 23.4 Å². The first-order valence-corrected chi connectivity index (χ1v) is 16.0. The van der Waals surface area contributed by atoms with Gasteiger partial charge in [-0.1, -0.05) is 48.0 Å². The molecule has 2 atom stereocenters. The molecular weight excluding hydrogens is 534 g/mol. The minimum atomic E-state index is -0.605. The van der Waals surface area contributed by atoms with Crippen LogP contribution in [0.4, 0.5) is 0 Å². The second kappa shape index (κ2) is 13.2. The first-order valence-electron chi connectivity index (χ1n) is 15.6. The van der Waals surface area contributed by atoms with E-state index in [1.54, 1.807) is 0 Å². The van der Waals surface area contributed by atoms with Crippen molar-refractivity contribution in [2.45, 2.75) is 82.1 Å². The highest BCUT2D eigenvalue weighted by atomic mass is 35.5. The van der Waals surface area contributed by atoms with Gasteiger partial charge in [0.1, 0.15) is 6.04 Å². The van der Waals surface area contributed by atoms with Gasteiger partial charge in [-0.15, -0.1) is 0 Å². The Morgan fingerprint density at radius 2 is 1.61 bits per heavy atom. The lowest BCUT2D eigenvalue weighted by molar-refractivity contribution is -0.138. The van der Waals surface area contributed by atoms with Crippen molar-refractivity contribution < 1.29 is 9.59 Å². The molecule has 1 aliphatic carbocycles. The molecule has 2 aromatic rings. The van der Waals surface area contributed by atoms with Crippen molar-refractivity contribution in [3.8, 4) is 0 Å². The zero-order chi connectivity index (χ0) is 28.2. The van der Waals surface area contributed by atoms with Crippen molar-refractivity contribution in [2.24, 2.45) is 5.92 Å². The minimum Gasteiger partial charge on any atom is -0.343 e.